The minimum absolute atomic E-state index is 0.0654. The first-order valence-corrected chi connectivity index (χ1v) is 7.52. The molecule has 0 saturated heterocycles. The molecule has 3 aromatic rings. The minimum atomic E-state index is -0.598. The van der Waals surface area contributed by atoms with E-state index in [1.54, 1.807) is 17.6 Å². The summed E-state index contributed by atoms with van der Waals surface area (Å²) in [5.74, 6) is -1.04. The molecule has 0 unspecified atom stereocenters. The van der Waals surface area contributed by atoms with E-state index in [-0.39, 0.29) is 24.4 Å². The van der Waals surface area contributed by atoms with E-state index in [0.29, 0.717) is 22.8 Å². The highest BCUT2D eigenvalue weighted by Gasteiger charge is 2.29. The average molecular weight is 338 g/mol. The Balaban J connectivity index is 2.02. The first-order valence-electron chi connectivity index (χ1n) is 7.52. The summed E-state index contributed by atoms with van der Waals surface area (Å²) in [4.78, 5) is 16.2. The van der Waals surface area contributed by atoms with Crippen molar-refractivity contribution in [2.75, 3.05) is 6.61 Å². The van der Waals surface area contributed by atoms with Gasteiger partial charge in [-0.15, -0.1) is 5.10 Å². The molecule has 0 saturated carbocycles. The fourth-order valence-electron chi connectivity index (χ4n) is 2.88. The van der Waals surface area contributed by atoms with E-state index in [9.17, 15) is 14.4 Å². The summed E-state index contributed by atoms with van der Waals surface area (Å²) in [7, 11) is 0. The summed E-state index contributed by atoms with van der Waals surface area (Å²) in [5.41, 5.74) is 2.24. The molecular formula is C16H11FN6O2. The third-order valence-electron chi connectivity index (χ3n) is 3.96. The Morgan fingerprint density at radius 2 is 2.24 bits per heavy atom. The zero-order valence-electron chi connectivity index (χ0n) is 13.1. The molecule has 1 aliphatic rings. The van der Waals surface area contributed by atoms with E-state index >= 15 is 0 Å². The molecule has 0 bridgehead atoms. The van der Waals surface area contributed by atoms with E-state index in [4.69, 9.17) is 4.74 Å². The quantitative estimate of drug-likeness (QED) is 0.514. The van der Waals surface area contributed by atoms with E-state index in [2.05, 4.69) is 15.3 Å². The standard InChI is InChI=1S/C16H11FN6O2/c1-2-25-16(24)15-14-6-12-10(7-18)19-8-22(12)13-5-9(17)3-4-11(13)23(14)21-20-15/h3-5,8H,2,6H2,1H3. The number of rotatable bonds is 2. The SMILES string of the molecule is CCOC(=O)c1nnn2c1Cc1c(C#N)ncn1-c1cc(F)ccc1-2. The van der Waals surface area contributed by atoms with Gasteiger partial charge in [0.1, 0.15) is 18.2 Å². The molecular weight excluding hydrogens is 327 g/mol. The molecule has 4 rings (SSSR count). The number of nitrogens with zero attached hydrogens (tertiary/aromatic N) is 6. The normalized spacial score (nSPS) is 11.7. The molecule has 0 atom stereocenters. The lowest BCUT2D eigenvalue weighted by Gasteiger charge is -2.09. The maximum Gasteiger partial charge on any atom is 0.360 e. The first kappa shape index (κ1) is 15.0. The van der Waals surface area contributed by atoms with Crippen LogP contribution in [0.2, 0.25) is 0 Å². The molecule has 0 fully saturated rings. The summed E-state index contributed by atoms with van der Waals surface area (Å²) < 4.78 is 21.9. The van der Waals surface area contributed by atoms with Gasteiger partial charge in [-0.25, -0.2) is 18.9 Å². The van der Waals surface area contributed by atoms with Crippen LogP contribution >= 0.6 is 0 Å². The monoisotopic (exact) mass is 338 g/mol. The highest BCUT2D eigenvalue weighted by Crippen LogP contribution is 2.30. The van der Waals surface area contributed by atoms with Crippen LogP contribution in [-0.2, 0) is 11.2 Å². The van der Waals surface area contributed by atoms with Crippen LogP contribution in [0.1, 0.15) is 34.5 Å². The number of benzene rings is 1. The predicted octanol–water partition coefficient (Wildman–Crippen LogP) is 1.54. The summed E-state index contributed by atoms with van der Waals surface area (Å²) in [6.07, 6.45) is 1.64. The number of nitriles is 1. The Morgan fingerprint density at radius 1 is 1.40 bits per heavy atom. The third-order valence-corrected chi connectivity index (χ3v) is 3.96. The van der Waals surface area contributed by atoms with Gasteiger partial charge >= 0.3 is 5.97 Å². The van der Waals surface area contributed by atoms with Crippen LogP contribution in [0.4, 0.5) is 4.39 Å². The van der Waals surface area contributed by atoms with Crippen LogP contribution in [0.15, 0.2) is 24.5 Å². The van der Waals surface area contributed by atoms with Crippen LogP contribution in [0.25, 0.3) is 11.4 Å². The van der Waals surface area contributed by atoms with Gasteiger partial charge < -0.3 is 4.74 Å². The molecule has 0 radical (unpaired) electrons. The van der Waals surface area contributed by atoms with Crippen LogP contribution in [0, 0.1) is 17.1 Å². The predicted molar refractivity (Wildman–Crippen MR) is 81.9 cm³/mol. The molecule has 124 valence electrons. The van der Waals surface area contributed by atoms with E-state index in [1.165, 1.54) is 23.1 Å². The second kappa shape index (κ2) is 5.52. The molecule has 0 spiro atoms. The van der Waals surface area contributed by atoms with Gasteiger partial charge in [-0.2, -0.15) is 5.26 Å². The summed E-state index contributed by atoms with van der Waals surface area (Å²) in [6, 6.07) is 6.17. The number of carbonyl (C=O) groups is 1. The van der Waals surface area contributed by atoms with Gasteiger partial charge in [0.15, 0.2) is 11.4 Å². The minimum Gasteiger partial charge on any atom is -0.461 e. The number of esters is 1. The summed E-state index contributed by atoms with van der Waals surface area (Å²) in [5, 5.41) is 17.3. The van der Waals surface area contributed by atoms with Crippen molar-refractivity contribution in [1.82, 2.24) is 24.5 Å². The van der Waals surface area contributed by atoms with Gasteiger partial charge in [0.05, 0.1) is 29.4 Å². The van der Waals surface area contributed by atoms with Gasteiger partial charge in [0, 0.05) is 12.5 Å². The Morgan fingerprint density at radius 3 is 3.00 bits per heavy atom. The lowest BCUT2D eigenvalue weighted by Crippen LogP contribution is -2.10. The van der Waals surface area contributed by atoms with Gasteiger partial charge in [0.25, 0.3) is 0 Å². The average Bonchev–Trinajstić information content (AvgIpc) is 3.17. The molecule has 1 aromatic carbocycles. The first-order chi connectivity index (χ1) is 12.1. The highest BCUT2D eigenvalue weighted by molar-refractivity contribution is 5.88. The lowest BCUT2D eigenvalue weighted by atomic mass is 10.1. The smallest absolute Gasteiger partial charge is 0.360 e. The van der Waals surface area contributed by atoms with E-state index in [1.807, 2.05) is 6.07 Å². The fraction of sp³-hybridized carbons (Fsp3) is 0.188. The van der Waals surface area contributed by atoms with E-state index < -0.39 is 11.8 Å². The van der Waals surface area contributed by atoms with Crippen molar-refractivity contribution in [1.29, 1.82) is 5.26 Å². The zero-order valence-corrected chi connectivity index (χ0v) is 13.1. The van der Waals surface area contributed by atoms with E-state index in [0.717, 1.165) is 0 Å². The number of carbonyl (C=O) groups excluding carboxylic acids is 1. The Bertz CT molecular complexity index is 1050. The lowest BCUT2D eigenvalue weighted by molar-refractivity contribution is 0.0518. The molecule has 8 nitrogen and oxygen atoms in total. The largest absolute Gasteiger partial charge is 0.461 e. The molecule has 25 heavy (non-hydrogen) atoms. The second-order valence-corrected chi connectivity index (χ2v) is 5.35. The van der Waals surface area contributed by atoms with Crippen molar-refractivity contribution in [3.05, 3.63) is 53.1 Å². The van der Waals surface area contributed by atoms with Gasteiger partial charge in [-0.3, -0.25) is 4.57 Å². The van der Waals surface area contributed by atoms with Gasteiger partial charge in [0.2, 0.25) is 0 Å². The second-order valence-electron chi connectivity index (χ2n) is 5.35. The van der Waals surface area contributed by atoms with Crippen molar-refractivity contribution in [2.45, 2.75) is 13.3 Å². The van der Waals surface area contributed by atoms with Crippen LogP contribution < -0.4 is 0 Å². The fourth-order valence-corrected chi connectivity index (χ4v) is 2.88. The maximum atomic E-state index is 13.8. The van der Waals surface area contributed by atoms with Crippen molar-refractivity contribution >= 4 is 5.97 Å². The molecule has 9 heteroatoms. The third kappa shape index (κ3) is 2.19. The topological polar surface area (TPSA) is 98.6 Å². The van der Waals surface area contributed by atoms with Crippen molar-refractivity contribution in [3.8, 4) is 17.4 Å². The number of fused-ring (bicyclic) bond motifs is 5. The Kier molecular flexibility index (Phi) is 3.32. The van der Waals surface area contributed by atoms with Crippen molar-refractivity contribution in [2.24, 2.45) is 0 Å². The number of ether oxygens (including phenoxy) is 1. The Labute approximate surface area is 141 Å². The molecule has 2 aromatic heterocycles. The highest BCUT2D eigenvalue weighted by atomic mass is 19.1. The number of imidazole rings is 1. The Hall–Kier alpha value is -3.54. The van der Waals surface area contributed by atoms with Crippen molar-refractivity contribution in [3.63, 3.8) is 0 Å². The molecule has 1 aliphatic heterocycles. The van der Waals surface area contributed by atoms with Crippen LogP contribution in [-0.4, -0.2) is 37.1 Å². The summed E-state index contributed by atoms with van der Waals surface area (Å²) in [6.45, 7) is 1.90. The van der Waals surface area contributed by atoms with Crippen LogP contribution in [0.3, 0.4) is 0 Å². The number of hydrogen-bond donors (Lipinski definition) is 0. The number of aromatic nitrogens is 5. The van der Waals surface area contributed by atoms with Gasteiger partial charge in [-0.05, 0) is 19.1 Å². The number of hydrogen-bond acceptors (Lipinski definition) is 6. The maximum absolute atomic E-state index is 13.8. The molecule has 0 amide bonds. The van der Waals surface area contributed by atoms with Crippen LogP contribution in [0.5, 0.6) is 0 Å². The van der Waals surface area contributed by atoms with Gasteiger partial charge in [-0.1, -0.05) is 5.21 Å². The zero-order chi connectivity index (χ0) is 17.6. The molecule has 0 N–H and O–H groups in total. The van der Waals surface area contributed by atoms with Crippen molar-refractivity contribution < 1.29 is 13.9 Å². The molecule has 3 heterocycles. The number of halogens is 1. The summed E-state index contributed by atoms with van der Waals surface area (Å²) >= 11 is 0. The molecule has 0 aliphatic carbocycles.